The lowest BCUT2D eigenvalue weighted by molar-refractivity contribution is -0.135. The Bertz CT molecular complexity index is 710. The van der Waals surface area contributed by atoms with E-state index in [1.807, 2.05) is 15.9 Å². The molecule has 3 heterocycles. The monoisotopic (exact) mass is 373 g/mol. The first-order valence-electron chi connectivity index (χ1n) is 10.2. The lowest BCUT2D eigenvalue weighted by Gasteiger charge is -2.29. The summed E-state index contributed by atoms with van der Waals surface area (Å²) < 4.78 is 13.8. The van der Waals surface area contributed by atoms with Gasteiger partial charge in [0.05, 0.1) is 6.04 Å². The van der Waals surface area contributed by atoms with E-state index in [1.165, 1.54) is 6.07 Å². The third-order valence-corrected chi connectivity index (χ3v) is 6.34. The number of benzene rings is 1. The fourth-order valence-electron chi connectivity index (χ4n) is 4.94. The quantitative estimate of drug-likeness (QED) is 0.881. The molecule has 2 amide bonds. The van der Waals surface area contributed by atoms with Gasteiger partial charge in [-0.2, -0.15) is 0 Å². The first-order chi connectivity index (χ1) is 13.1. The molecule has 146 valence electrons. The van der Waals surface area contributed by atoms with E-state index in [1.54, 1.807) is 12.1 Å². The number of amides is 2. The van der Waals surface area contributed by atoms with Crippen LogP contribution in [0, 0.1) is 17.7 Å². The average molecular weight is 373 g/mol. The first kappa shape index (κ1) is 18.4. The number of nitrogens with zero attached hydrogens (tertiary/aromatic N) is 2. The van der Waals surface area contributed by atoms with Crippen LogP contribution < -0.4 is 5.32 Å². The number of nitrogens with one attached hydrogen (secondary N) is 1. The molecule has 3 aliphatic heterocycles. The van der Waals surface area contributed by atoms with E-state index < -0.39 is 0 Å². The Morgan fingerprint density at radius 1 is 1.22 bits per heavy atom. The van der Waals surface area contributed by atoms with Crippen molar-refractivity contribution in [3.63, 3.8) is 0 Å². The van der Waals surface area contributed by atoms with Crippen LogP contribution >= 0.6 is 0 Å². The predicted octanol–water partition coefficient (Wildman–Crippen LogP) is 2.34. The maximum Gasteiger partial charge on any atom is 0.224 e. The Kier molecular flexibility index (Phi) is 5.43. The molecule has 3 fully saturated rings. The second kappa shape index (κ2) is 7.97. The summed E-state index contributed by atoms with van der Waals surface area (Å²) in [6, 6.07) is 6.57. The predicted molar refractivity (Wildman–Crippen MR) is 100 cm³/mol. The van der Waals surface area contributed by atoms with E-state index in [0.29, 0.717) is 37.8 Å². The standard InChI is InChI=1S/C21H28FN3O2/c22-17-6-4-5-15(11-17)21-18-13-23-12-16(18)14-25(21)20(27)8-10-24-9-3-1-2-7-19(24)26/h4-6,11,16,18,21,23H,1-3,7-10,12-14H2/t16-,18-,21+/m0/s1. The minimum absolute atomic E-state index is 0.0759. The van der Waals surface area contributed by atoms with E-state index in [-0.39, 0.29) is 23.7 Å². The summed E-state index contributed by atoms with van der Waals surface area (Å²) in [4.78, 5) is 29.0. The highest BCUT2D eigenvalue weighted by Crippen LogP contribution is 2.43. The summed E-state index contributed by atoms with van der Waals surface area (Å²) in [6.45, 7) is 3.74. The van der Waals surface area contributed by atoms with Crippen LogP contribution in [-0.4, -0.2) is 54.3 Å². The van der Waals surface area contributed by atoms with Gasteiger partial charge in [-0.15, -0.1) is 0 Å². The highest BCUT2D eigenvalue weighted by Gasteiger charge is 2.46. The zero-order chi connectivity index (χ0) is 18.8. The van der Waals surface area contributed by atoms with Gasteiger partial charge in [0.2, 0.25) is 11.8 Å². The molecule has 1 aromatic rings. The van der Waals surface area contributed by atoms with Crippen LogP contribution in [0.1, 0.15) is 43.7 Å². The Hall–Kier alpha value is -1.95. The van der Waals surface area contributed by atoms with Crippen LogP contribution in [0.3, 0.4) is 0 Å². The van der Waals surface area contributed by atoms with Crippen LogP contribution in [0.25, 0.3) is 0 Å². The smallest absolute Gasteiger partial charge is 0.224 e. The number of halogens is 1. The van der Waals surface area contributed by atoms with Crippen molar-refractivity contribution in [2.24, 2.45) is 11.8 Å². The van der Waals surface area contributed by atoms with E-state index in [2.05, 4.69) is 5.32 Å². The Labute approximate surface area is 159 Å². The van der Waals surface area contributed by atoms with Crippen LogP contribution in [0.2, 0.25) is 0 Å². The molecule has 1 N–H and O–H groups in total. The lowest BCUT2D eigenvalue weighted by atomic mass is 9.89. The van der Waals surface area contributed by atoms with Crippen molar-refractivity contribution >= 4 is 11.8 Å². The van der Waals surface area contributed by atoms with E-state index in [4.69, 9.17) is 0 Å². The third-order valence-electron chi connectivity index (χ3n) is 6.34. The van der Waals surface area contributed by atoms with Gasteiger partial charge < -0.3 is 15.1 Å². The molecule has 3 aliphatic rings. The molecule has 3 saturated heterocycles. The number of carbonyl (C=O) groups is 2. The molecule has 6 heteroatoms. The van der Waals surface area contributed by atoms with E-state index >= 15 is 0 Å². The van der Waals surface area contributed by atoms with Crippen molar-refractivity contribution in [3.8, 4) is 0 Å². The summed E-state index contributed by atoms with van der Waals surface area (Å²) >= 11 is 0. The Balaban J connectivity index is 1.47. The van der Waals surface area contributed by atoms with Crippen molar-refractivity contribution in [2.75, 3.05) is 32.7 Å². The second-order valence-electron chi connectivity index (χ2n) is 8.07. The summed E-state index contributed by atoms with van der Waals surface area (Å²) in [5, 5.41) is 3.41. The second-order valence-corrected chi connectivity index (χ2v) is 8.07. The minimum atomic E-state index is -0.260. The van der Waals surface area contributed by atoms with Crippen LogP contribution in [0.4, 0.5) is 4.39 Å². The van der Waals surface area contributed by atoms with E-state index in [0.717, 1.165) is 44.5 Å². The molecule has 0 aliphatic carbocycles. The van der Waals surface area contributed by atoms with Crippen molar-refractivity contribution in [1.29, 1.82) is 0 Å². The van der Waals surface area contributed by atoms with Crippen molar-refractivity contribution in [1.82, 2.24) is 15.1 Å². The Morgan fingerprint density at radius 2 is 2.11 bits per heavy atom. The maximum absolute atomic E-state index is 13.8. The van der Waals surface area contributed by atoms with Gasteiger partial charge in [0.25, 0.3) is 0 Å². The number of rotatable bonds is 4. The SMILES string of the molecule is O=C1CCCCCN1CCC(=O)N1C[C@@H]2CNC[C@@H]2[C@H]1c1cccc(F)c1. The summed E-state index contributed by atoms with van der Waals surface area (Å²) in [5.41, 5.74) is 0.880. The molecular formula is C21H28FN3O2. The number of likely N-dealkylation sites (tertiary alicyclic amines) is 2. The third kappa shape index (κ3) is 3.86. The molecule has 27 heavy (non-hydrogen) atoms. The summed E-state index contributed by atoms with van der Waals surface area (Å²) in [5.74, 6) is 0.738. The molecule has 0 radical (unpaired) electrons. The molecule has 0 bridgehead atoms. The number of fused-ring (bicyclic) bond motifs is 1. The zero-order valence-corrected chi connectivity index (χ0v) is 15.7. The maximum atomic E-state index is 13.8. The Morgan fingerprint density at radius 3 is 2.96 bits per heavy atom. The van der Waals surface area contributed by atoms with E-state index in [9.17, 15) is 14.0 Å². The summed E-state index contributed by atoms with van der Waals surface area (Å²) in [6.07, 6.45) is 4.00. The molecule has 0 spiro atoms. The topological polar surface area (TPSA) is 52.7 Å². The van der Waals surface area contributed by atoms with Gasteiger partial charge in [-0.3, -0.25) is 9.59 Å². The van der Waals surface area contributed by atoms with Gasteiger partial charge in [-0.05, 0) is 36.5 Å². The van der Waals surface area contributed by atoms with Crippen LogP contribution in [0.5, 0.6) is 0 Å². The molecule has 5 nitrogen and oxygen atoms in total. The normalized spacial score (nSPS) is 28.3. The van der Waals surface area contributed by atoms with Gasteiger partial charge in [-0.25, -0.2) is 4.39 Å². The average Bonchev–Trinajstić information content (AvgIpc) is 3.18. The number of hydrogen-bond acceptors (Lipinski definition) is 3. The fourth-order valence-corrected chi connectivity index (χ4v) is 4.94. The summed E-state index contributed by atoms with van der Waals surface area (Å²) in [7, 11) is 0. The molecular weight excluding hydrogens is 345 g/mol. The van der Waals surface area contributed by atoms with Gasteiger partial charge in [0.15, 0.2) is 0 Å². The molecule has 1 aromatic carbocycles. The van der Waals surface area contributed by atoms with Crippen molar-refractivity contribution < 1.29 is 14.0 Å². The zero-order valence-electron chi connectivity index (χ0n) is 15.7. The van der Waals surface area contributed by atoms with Gasteiger partial charge in [0, 0.05) is 51.5 Å². The largest absolute Gasteiger partial charge is 0.342 e. The lowest BCUT2D eigenvalue weighted by Crippen LogP contribution is -2.38. The molecule has 0 unspecified atom stereocenters. The molecule has 0 saturated carbocycles. The molecule has 3 atom stereocenters. The molecule has 4 rings (SSSR count). The highest BCUT2D eigenvalue weighted by atomic mass is 19.1. The highest BCUT2D eigenvalue weighted by molar-refractivity contribution is 5.80. The fraction of sp³-hybridized carbons (Fsp3) is 0.619. The number of carbonyl (C=O) groups excluding carboxylic acids is 2. The van der Waals surface area contributed by atoms with Gasteiger partial charge >= 0.3 is 0 Å². The van der Waals surface area contributed by atoms with Crippen molar-refractivity contribution in [3.05, 3.63) is 35.6 Å². The first-order valence-corrected chi connectivity index (χ1v) is 10.2. The minimum Gasteiger partial charge on any atom is -0.342 e. The van der Waals surface area contributed by atoms with Crippen molar-refractivity contribution in [2.45, 2.75) is 38.1 Å². The van der Waals surface area contributed by atoms with Crippen LogP contribution in [0.15, 0.2) is 24.3 Å². The number of hydrogen-bond donors (Lipinski definition) is 1. The van der Waals surface area contributed by atoms with Gasteiger partial charge in [0.1, 0.15) is 5.82 Å². The van der Waals surface area contributed by atoms with Crippen LogP contribution in [-0.2, 0) is 9.59 Å². The van der Waals surface area contributed by atoms with Gasteiger partial charge in [-0.1, -0.05) is 18.6 Å². The molecule has 0 aromatic heterocycles.